The molecule has 138 valence electrons. The first-order valence-electron chi connectivity index (χ1n) is 7.89. The molecule has 1 unspecified atom stereocenters. The van der Waals surface area contributed by atoms with Crippen LogP contribution in [0.4, 0.5) is 13.2 Å². The molecule has 1 aliphatic heterocycles. The second kappa shape index (κ2) is 7.99. The second-order valence-corrected chi connectivity index (χ2v) is 6.05. The Morgan fingerprint density at radius 2 is 2.04 bits per heavy atom. The zero-order valence-corrected chi connectivity index (χ0v) is 14.3. The van der Waals surface area contributed by atoms with Gasteiger partial charge in [0, 0.05) is 5.56 Å². The van der Waals surface area contributed by atoms with Crippen LogP contribution in [0, 0.1) is 0 Å². The van der Waals surface area contributed by atoms with Crippen LogP contribution in [0.1, 0.15) is 38.2 Å². The fourth-order valence-electron chi connectivity index (χ4n) is 2.47. The average Bonchev–Trinajstić information content (AvgIpc) is 2.54. The molecule has 0 spiro atoms. The molecule has 0 saturated carbocycles. The highest BCUT2D eigenvalue weighted by Crippen LogP contribution is 2.45. The van der Waals surface area contributed by atoms with Gasteiger partial charge in [-0.15, -0.1) is 0 Å². The van der Waals surface area contributed by atoms with Crippen LogP contribution in [0.15, 0.2) is 17.7 Å². The van der Waals surface area contributed by atoms with Gasteiger partial charge in [0.2, 0.25) is 6.10 Å². The Kier molecular flexibility index (Phi) is 6.21. The van der Waals surface area contributed by atoms with E-state index in [2.05, 4.69) is 6.92 Å². The van der Waals surface area contributed by atoms with Gasteiger partial charge in [0.05, 0.1) is 17.2 Å². The van der Waals surface area contributed by atoms with Crippen LogP contribution in [-0.2, 0) is 4.79 Å². The number of hydrogen-bond donors (Lipinski definition) is 1. The van der Waals surface area contributed by atoms with Gasteiger partial charge < -0.3 is 14.6 Å². The highest BCUT2D eigenvalue weighted by atomic mass is 35.5. The van der Waals surface area contributed by atoms with Crippen molar-refractivity contribution in [3.05, 3.63) is 28.3 Å². The lowest BCUT2D eigenvalue weighted by molar-refractivity contribution is -0.187. The van der Waals surface area contributed by atoms with E-state index in [0.717, 1.165) is 31.8 Å². The van der Waals surface area contributed by atoms with Crippen LogP contribution >= 0.6 is 11.6 Å². The Morgan fingerprint density at radius 1 is 1.32 bits per heavy atom. The summed E-state index contributed by atoms with van der Waals surface area (Å²) in [6.07, 6.45) is -2.76. The summed E-state index contributed by atoms with van der Waals surface area (Å²) in [5.74, 6) is -1.78. The third-order valence-electron chi connectivity index (χ3n) is 3.72. The Morgan fingerprint density at radius 3 is 2.64 bits per heavy atom. The lowest BCUT2D eigenvalue weighted by atomic mass is 10.0. The van der Waals surface area contributed by atoms with Crippen molar-refractivity contribution < 1.29 is 32.5 Å². The first kappa shape index (κ1) is 19.4. The molecular weight excluding hydrogens is 361 g/mol. The van der Waals surface area contributed by atoms with E-state index in [4.69, 9.17) is 26.2 Å². The maximum absolute atomic E-state index is 13.2. The number of hydrogen-bond acceptors (Lipinski definition) is 3. The number of ether oxygens (including phenoxy) is 2. The highest BCUT2D eigenvalue weighted by Gasteiger charge is 2.49. The van der Waals surface area contributed by atoms with Crippen molar-refractivity contribution in [2.75, 3.05) is 6.61 Å². The number of carboxylic acids is 1. The van der Waals surface area contributed by atoms with Gasteiger partial charge in [-0.1, -0.05) is 37.8 Å². The lowest BCUT2D eigenvalue weighted by Crippen LogP contribution is -2.40. The monoisotopic (exact) mass is 378 g/mol. The molecule has 4 nitrogen and oxygen atoms in total. The number of halogens is 4. The first-order valence-corrected chi connectivity index (χ1v) is 8.27. The first-order chi connectivity index (χ1) is 11.8. The number of unbranched alkanes of at least 4 members (excludes halogenated alkanes) is 3. The molecule has 0 saturated heterocycles. The number of aliphatic carboxylic acids is 1. The maximum atomic E-state index is 13.2. The van der Waals surface area contributed by atoms with E-state index >= 15 is 0 Å². The second-order valence-electron chi connectivity index (χ2n) is 5.64. The van der Waals surface area contributed by atoms with E-state index in [1.54, 1.807) is 0 Å². The summed E-state index contributed by atoms with van der Waals surface area (Å²) in [6, 6.07) is 2.86. The smallest absolute Gasteiger partial charge is 0.430 e. The van der Waals surface area contributed by atoms with Gasteiger partial charge in [-0.2, -0.15) is 13.2 Å². The van der Waals surface area contributed by atoms with E-state index in [-0.39, 0.29) is 22.1 Å². The normalized spacial score (nSPS) is 16.7. The minimum Gasteiger partial charge on any atom is -0.490 e. The zero-order chi connectivity index (χ0) is 18.6. The number of benzene rings is 1. The number of fused-ring (bicyclic) bond motifs is 1. The summed E-state index contributed by atoms with van der Waals surface area (Å²) in [6.45, 7) is 2.39. The fraction of sp³-hybridized carbons (Fsp3) is 0.471. The molecular formula is C17H18ClF3O4. The molecule has 1 atom stereocenters. The minimum absolute atomic E-state index is 0.0747. The van der Waals surface area contributed by atoms with Crippen molar-refractivity contribution in [1.82, 2.24) is 0 Å². The van der Waals surface area contributed by atoms with Crippen LogP contribution in [0.2, 0.25) is 5.02 Å². The standard InChI is InChI=1S/C17H18ClF3O4/c1-2-3-4-5-8-24-13-7-6-12(18)10-9-11(16(22)23)15(17(19,20)21)25-14(10)13/h6-7,9,15H,2-5,8H2,1H3,(H,22,23). The number of alkyl halides is 3. The molecule has 8 heteroatoms. The molecule has 0 radical (unpaired) electrons. The minimum atomic E-state index is -4.87. The quantitative estimate of drug-likeness (QED) is 0.671. The average molecular weight is 379 g/mol. The van der Waals surface area contributed by atoms with Gasteiger partial charge in [-0.05, 0) is 24.6 Å². The molecule has 1 heterocycles. The third-order valence-corrected chi connectivity index (χ3v) is 4.05. The molecule has 0 amide bonds. The molecule has 2 rings (SSSR count). The lowest BCUT2D eigenvalue weighted by Gasteiger charge is -2.28. The molecule has 1 aliphatic rings. The third kappa shape index (κ3) is 4.60. The summed E-state index contributed by atoms with van der Waals surface area (Å²) in [7, 11) is 0. The summed E-state index contributed by atoms with van der Waals surface area (Å²) in [5.41, 5.74) is -0.840. The van der Waals surface area contributed by atoms with Crippen molar-refractivity contribution in [2.24, 2.45) is 0 Å². The van der Waals surface area contributed by atoms with Crippen molar-refractivity contribution in [3.8, 4) is 11.5 Å². The van der Waals surface area contributed by atoms with Crippen molar-refractivity contribution in [1.29, 1.82) is 0 Å². The van der Waals surface area contributed by atoms with Crippen LogP contribution in [0.25, 0.3) is 6.08 Å². The molecule has 1 aromatic rings. The van der Waals surface area contributed by atoms with Crippen LogP contribution in [-0.4, -0.2) is 30.0 Å². The zero-order valence-electron chi connectivity index (χ0n) is 13.5. The maximum Gasteiger partial charge on any atom is 0.430 e. The van der Waals surface area contributed by atoms with Crippen molar-refractivity contribution in [3.63, 3.8) is 0 Å². The fourth-order valence-corrected chi connectivity index (χ4v) is 2.67. The Labute approximate surface area is 148 Å². The Balaban J connectivity index is 2.32. The Hall–Kier alpha value is -1.89. The molecule has 0 aromatic heterocycles. The number of carboxylic acid groups (broad SMARTS) is 1. The predicted octanol–water partition coefficient (Wildman–Crippen LogP) is 5.09. The topological polar surface area (TPSA) is 55.8 Å². The van der Waals surface area contributed by atoms with Gasteiger partial charge in [-0.25, -0.2) is 4.79 Å². The van der Waals surface area contributed by atoms with Crippen molar-refractivity contribution >= 4 is 23.6 Å². The van der Waals surface area contributed by atoms with E-state index in [1.165, 1.54) is 12.1 Å². The van der Waals surface area contributed by atoms with Crippen LogP contribution < -0.4 is 9.47 Å². The summed E-state index contributed by atoms with van der Waals surface area (Å²) < 4.78 is 50.0. The van der Waals surface area contributed by atoms with E-state index in [1.807, 2.05) is 0 Å². The van der Waals surface area contributed by atoms with E-state index < -0.39 is 23.8 Å². The van der Waals surface area contributed by atoms with E-state index in [0.29, 0.717) is 6.61 Å². The molecule has 0 bridgehead atoms. The summed E-state index contributed by atoms with van der Waals surface area (Å²) in [4.78, 5) is 11.2. The van der Waals surface area contributed by atoms with Gasteiger partial charge in [-0.3, -0.25) is 0 Å². The molecule has 0 fully saturated rings. The van der Waals surface area contributed by atoms with Gasteiger partial charge in [0.1, 0.15) is 0 Å². The molecule has 25 heavy (non-hydrogen) atoms. The SMILES string of the molecule is CCCCCCOc1ccc(Cl)c2c1OC(C(F)(F)F)C(C(=O)O)=C2. The summed E-state index contributed by atoms with van der Waals surface area (Å²) in [5, 5.41) is 9.15. The van der Waals surface area contributed by atoms with Crippen LogP contribution in [0.5, 0.6) is 11.5 Å². The van der Waals surface area contributed by atoms with Gasteiger partial charge in [0.25, 0.3) is 0 Å². The van der Waals surface area contributed by atoms with Crippen LogP contribution in [0.3, 0.4) is 0 Å². The predicted molar refractivity (Wildman–Crippen MR) is 87.2 cm³/mol. The molecule has 1 aromatic carbocycles. The highest BCUT2D eigenvalue weighted by molar-refractivity contribution is 6.32. The van der Waals surface area contributed by atoms with E-state index in [9.17, 15) is 18.0 Å². The number of rotatable bonds is 7. The summed E-state index contributed by atoms with van der Waals surface area (Å²) >= 11 is 5.99. The molecule has 0 aliphatic carbocycles. The van der Waals surface area contributed by atoms with Crippen molar-refractivity contribution in [2.45, 2.75) is 44.9 Å². The van der Waals surface area contributed by atoms with Gasteiger partial charge >= 0.3 is 12.1 Å². The van der Waals surface area contributed by atoms with Gasteiger partial charge in [0.15, 0.2) is 11.5 Å². The Bertz CT molecular complexity index is 671. The number of carbonyl (C=O) groups is 1. The molecule has 1 N–H and O–H groups in total. The largest absolute Gasteiger partial charge is 0.490 e.